The van der Waals surface area contributed by atoms with E-state index in [1.807, 2.05) is 0 Å². The number of carbonyl (C=O) groups excluding carboxylic acids is 2. The van der Waals surface area contributed by atoms with Gasteiger partial charge < -0.3 is 19.9 Å². The van der Waals surface area contributed by atoms with Gasteiger partial charge in [-0.15, -0.1) is 0 Å². The minimum atomic E-state index is -1.16. The summed E-state index contributed by atoms with van der Waals surface area (Å²) in [6.45, 7) is 2.39. The molecule has 0 aliphatic rings. The standard InChI is InChI=1S/C9H15NO6/c1-3-16-9(14)6(2)10-7(11)4-15-5-8(12)13/h6H,3-5H2,1-2H3,(H,10,11)(H,12,13)/t6-/m0/s1. The Hall–Kier alpha value is -1.63. The first-order valence-electron chi connectivity index (χ1n) is 4.73. The second-order valence-corrected chi connectivity index (χ2v) is 2.93. The lowest BCUT2D eigenvalue weighted by Gasteiger charge is -2.12. The first kappa shape index (κ1) is 14.4. The summed E-state index contributed by atoms with van der Waals surface area (Å²) in [4.78, 5) is 32.3. The van der Waals surface area contributed by atoms with Crippen LogP contribution in [0, 0.1) is 0 Å². The average Bonchev–Trinajstić information content (AvgIpc) is 2.17. The largest absolute Gasteiger partial charge is 0.480 e. The van der Waals surface area contributed by atoms with E-state index >= 15 is 0 Å². The summed E-state index contributed by atoms with van der Waals surface area (Å²) in [5.41, 5.74) is 0. The predicted molar refractivity (Wildman–Crippen MR) is 52.7 cm³/mol. The van der Waals surface area contributed by atoms with E-state index in [9.17, 15) is 14.4 Å². The van der Waals surface area contributed by atoms with Crippen molar-refractivity contribution in [2.45, 2.75) is 19.9 Å². The van der Waals surface area contributed by atoms with E-state index in [4.69, 9.17) is 5.11 Å². The lowest BCUT2D eigenvalue weighted by Crippen LogP contribution is -2.41. The lowest BCUT2D eigenvalue weighted by atomic mass is 10.3. The molecule has 16 heavy (non-hydrogen) atoms. The molecule has 0 saturated heterocycles. The number of carboxylic acid groups (broad SMARTS) is 1. The number of hydrogen-bond donors (Lipinski definition) is 2. The second-order valence-electron chi connectivity index (χ2n) is 2.93. The van der Waals surface area contributed by atoms with Gasteiger partial charge in [0.05, 0.1) is 6.61 Å². The summed E-state index contributed by atoms with van der Waals surface area (Å²) < 4.78 is 9.19. The zero-order valence-electron chi connectivity index (χ0n) is 9.19. The Labute approximate surface area is 92.7 Å². The minimum absolute atomic E-state index is 0.231. The highest BCUT2D eigenvalue weighted by Gasteiger charge is 2.16. The fraction of sp³-hybridized carbons (Fsp3) is 0.667. The van der Waals surface area contributed by atoms with Gasteiger partial charge in [0.2, 0.25) is 5.91 Å². The van der Waals surface area contributed by atoms with Crippen LogP contribution in [0.25, 0.3) is 0 Å². The van der Waals surface area contributed by atoms with Gasteiger partial charge in [-0.1, -0.05) is 0 Å². The van der Waals surface area contributed by atoms with Gasteiger partial charge in [0, 0.05) is 0 Å². The molecule has 1 atom stereocenters. The van der Waals surface area contributed by atoms with E-state index in [0.29, 0.717) is 0 Å². The third kappa shape index (κ3) is 6.77. The van der Waals surface area contributed by atoms with Crippen LogP contribution in [0.15, 0.2) is 0 Å². The zero-order valence-corrected chi connectivity index (χ0v) is 9.19. The van der Waals surface area contributed by atoms with E-state index in [-0.39, 0.29) is 6.61 Å². The molecule has 0 heterocycles. The molecule has 0 radical (unpaired) electrons. The van der Waals surface area contributed by atoms with E-state index in [1.165, 1.54) is 6.92 Å². The molecule has 1 amide bonds. The monoisotopic (exact) mass is 233 g/mol. The van der Waals surface area contributed by atoms with Crippen molar-refractivity contribution < 1.29 is 29.0 Å². The summed E-state index contributed by atoms with van der Waals surface area (Å²) in [7, 11) is 0. The molecule has 0 aromatic rings. The first-order chi connectivity index (χ1) is 7.47. The third-order valence-electron chi connectivity index (χ3n) is 1.48. The van der Waals surface area contributed by atoms with Gasteiger partial charge in [-0.2, -0.15) is 0 Å². The molecule has 2 N–H and O–H groups in total. The molecular formula is C9H15NO6. The summed E-state index contributed by atoms with van der Waals surface area (Å²) in [5.74, 6) is -2.28. The van der Waals surface area contributed by atoms with Crippen molar-refractivity contribution in [2.24, 2.45) is 0 Å². The number of nitrogens with one attached hydrogen (secondary N) is 1. The molecule has 0 rings (SSSR count). The fourth-order valence-corrected chi connectivity index (χ4v) is 0.840. The Bertz CT molecular complexity index is 265. The average molecular weight is 233 g/mol. The van der Waals surface area contributed by atoms with Crippen LogP contribution >= 0.6 is 0 Å². The van der Waals surface area contributed by atoms with Crippen molar-refractivity contribution in [1.29, 1.82) is 0 Å². The maximum absolute atomic E-state index is 11.1. The molecule has 7 nitrogen and oxygen atoms in total. The Morgan fingerprint density at radius 1 is 1.31 bits per heavy atom. The molecule has 0 aliphatic carbocycles. The van der Waals surface area contributed by atoms with Crippen molar-refractivity contribution in [2.75, 3.05) is 19.8 Å². The summed E-state index contributed by atoms with van der Waals surface area (Å²) >= 11 is 0. The quantitative estimate of drug-likeness (QED) is 0.556. The van der Waals surface area contributed by atoms with E-state index in [1.54, 1.807) is 6.92 Å². The predicted octanol–water partition coefficient (Wildman–Crippen LogP) is -0.845. The molecule has 92 valence electrons. The van der Waals surface area contributed by atoms with Crippen LogP contribution in [0.2, 0.25) is 0 Å². The van der Waals surface area contributed by atoms with Crippen molar-refractivity contribution in [3.05, 3.63) is 0 Å². The van der Waals surface area contributed by atoms with Crippen molar-refractivity contribution in [1.82, 2.24) is 5.32 Å². The van der Waals surface area contributed by atoms with Crippen LogP contribution in [0.1, 0.15) is 13.8 Å². The zero-order chi connectivity index (χ0) is 12.6. The Kier molecular flexibility index (Phi) is 6.86. The van der Waals surface area contributed by atoms with Crippen LogP contribution < -0.4 is 5.32 Å². The molecule has 0 aliphatic heterocycles. The number of ether oxygens (including phenoxy) is 2. The van der Waals surface area contributed by atoms with Crippen LogP contribution in [0.4, 0.5) is 0 Å². The van der Waals surface area contributed by atoms with Gasteiger partial charge >= 0.3 is 11.9 Å². The Morgan fingerprint density at radius 2 is 1.94 bits per heavy atom. The van der Waals surface area contributed by atoms with Crippen LogP contribution in [-0.2, 0) is 23.9 Å². The molecule has 0 bridgehead atoms. The molecule has 0 aromatic carbocycles. The van der Waals surface area contributed by atoms with Gasteiger partial charge in [-0.05, 0) is 13.8 Å². The normalized spacial score (nSPS) is 11.6. The van der Waals surface area contributed by atoms with Gasteiger partial charge in [-0.3, -0.25) is 4.79 Å². The first-order valence-corrected chi connectivity index (χ1v) is 4.73. The highest BCUT2D eigenvalue weighted by molar-refractivity contribution is 5.84. The SMILES string of the molecule is CCOC(=O)[C@H](C)NC(=O)COCC(=O)O. The fourth-order valence-electron chi connectivity index (χ4n) is 0.840. The number of rotatable bonds is 7. The molecule has 0 fully saturated rings. The number of carbonyl (C=O) groups is 3. The van der Waals surface area contributed by atoms with Crippen molar-refractivity contribution in [3.8, 4) is 0 Å². The molecule has 7 heteroatoms. The van der Waals surface area contributed by atoms with E-state index in [0.717, 1.165) is 0 Å². The highest BCUT2D eigenvalue weighted by atomic mass is 16.5. The van der Waals surface area contributed by atoms with Crippen molar-refractivity contribution >= 4 is 17.8 Å². The van der Waals surface area contributed by atoms with Gasteiger partial charge in [0.15, 0.2) is 0 Å². The molecule has 0 unspecified atom stereocenters. The van der Waals surface area contributed by atoms with Crippen LogP contribution in [0.3, 0.4) is 0 Å². The number of aliphatic carboxylic acids is 1. The van der Waals surface area contributed by atoms with Gasteiger partial charge in [0.1, 0.15) is 19.3 Å². The maximum atomic E-state index is 11.1. The molecule has 0 saturated carbocycles. The summed E-state index contributed by atoms with van der Waals surface area (Å²) in [6, 6.07) is -0.777. The molecule has 0 spiro atoms. The highest BCUT2D eigenvalue weighted by Crippen LogP contribution is 1.88. The van der Waals surface area contributed by atoms with Crippen LogP contribution in [-0.4, -0.2) is 48.8 Å². The van der Waals surface area contributed by atoms with Crippen molar-refractivity contribution in [3.63, 3.8) is 0 Å². The number of amides is 1. The molecule has 0 aromatic heterocycles. The van der Waals surface area contributed by atoms with E-state index in [2.05, 4.69) is 14.8 Å². The molecular weight excluding hydrogens is 218 g/mol. The van der Waals surface area contributed by atoms with Gasteiger partial charge in [-0.25, -0.2) is 9.59 Å². The number of carboxylic acids is 1. The summed E-state index contributed by atoms with van der Waals surface area (Å²) in [5, 5.41) is 10.5. The lowest BCUT2D eigenvalue weighted by molar-refractivity contribution is -0.148. The smallest absolute Gasteiger partial charge is 0.329 e. The van der Waals surface area contributed by atoms with Crippen LogP contribution in [0.5, 0.6) is 0 Å². The second kappa shape index (κ2) is 7.63. The summed E-state index contributed by atoms with van der Waals surface area (Å²) in [6.07, 6.45) is 0. The number of hydrogen-bond acceptors (Lipinski definition) is 5. The van der Waals surface area contributed by atoms with Gasteiger partial charge in [0.25, 0.3) is 0 Å². The third-order valence-corrected chi connectivity index (χ3v) is 1.48. The van der Waals surface area contributed by atoms with E-state index < -0.39 is 37.1 Å². The topological polar surface area (TPSA) is 102 Å². The minimum Gasteiger partial charge on any atom is -0.480 e. The Morgan fingerprint density at radius 3 is 2.44 bits per heavy atom. The Balaban J connectivity index is 3.77. The maximum Gasteiger partial charge on any atom is 0.329 e. The number of esters is 1.